The zero-order valence-corrected chi connectivity index (χ0v) is 7.95. The summed E-state index contributed by atoms with van der Waals surface area (Å²) in [6, 6.07) is 6.02. The summed E-state index contributed by atoms with van der Waals surface area (Å²) in [6.07, 6.45) is -1.63. The average molecular weight is 195 g/mol. The predicted octanol–water partition coefficient (Wildman–Crippen LogP) is 2.24. The maximum atomic E-state index is 13.0. The van der Waals surface area contributed by atoms with Gasteiger partial charge in [0, 0.05) is 5.56 Å². The molecule has 0 saturated heterocycles. The molecule has 1 aromatic rings. The lowest BCUT2D eigenvalue weighted by Crippen LogP contribution is -1.93. The van der Waals surface area contributed by atoms with Crippen LogP contribution in [0.4, 0.5) is 4.39 Å². The lowest BCUT2D eigenvalue weighted by Gasteiger charge is -2.08. The minimum atomic E-state index is -1.63. The summed E-state index contributed by atoms with van der Waals surface area (Å²) in [5.74, 6) is 0.935. The molecule has 1 unspecified atom stereocenters. The van der Waals surface area contributed by atoms with Crippen LogP contribution < -0.4 is 9.47 Å². The first-order chi connectivity index (χ1) is 6.72. The molecule has 0 aliphatic carbocycles. The van der Waals surface area contributed by atoms with Crippen molar-refractivity contribution in [1.29, 1.82) is 5.26 Å². The molecule has 0 aliphatic heterocycles. The zero-order chi connectivity index (χ0) is 10.6. The Kier molecular flexibility index (Phi) is 3.29. The smallest absolute Gasteiger partial charge is 0.211 e. The normalized spacial score (nSPS) is 11.6. The molecule has 0 spiro atoms. The summed E-state index contributed by atoms with van der Waals surface area (Å²) in [5, 5.41) is 8.38. The first-order valence-corrected chi connectivity index (χ1v) is 3.98. The zero-order valence-electron chi connectivity index (χ0n) is 7.95. The van der Waals surface area contributed by atoms with Crippen molar-refractivity contribution in [3.8, 4) is 17.6 Å². The summed E-state index contributed by atoms with van der Waals surface area (Å²) in [6.45, 7) is 0. The van der Waals surface area contributed by atoms with Crippen LogP contribution in [-0.4, -0.2) is 14.2 Å². The molecule has 0 N–H and O–H groups in total. The van der Waals surface area contributed by atoms with Crippen LogP contribution >= 0.6 is 0 Å². The molecule has 0 aliphatic rings. The van der Waals surface area contributed by atoms with Gasteiger partial charge < -0.3 is 9.47 Å². The van der Waals surface area contributed by atoms with Gasteiger partial charge in [-0.1, -0.05) is 6.07 Å². The van der Waals surface area contributed by atoms with E-state index in [0.717, 1.165) is 0 Å². The number of rotatable bonds is 3. The van der Waals surface area contributed by atoms with E-state index in [1.807, 2.05) is 0 Å². The Bertz CT molecular complexity index is 360. The van der Waals surface area contributed by atoms with E-state index in [1.54, 1.807) is 6.07 Å². The second kappa shape index (κ2) is 4.47. The maximum absolute atomic E-state index is 13.0. The van der Waals surface area contributed by atoms with Crippen LogP contribution in [0, 0.1) is 11.3 Å². The SMILES string of the molecule is COc1ccc(C(F)C#N)cc1OC. The van der Waals surface area contributed by atoms with Crippen molar-refractivity contribution in [2.24, 2.45) is 0 Å². The van der Waals surface area contributed by atoms with Crippen LogP contribution in [0.1, 0.15) is 11.7 Å². The summed E-state index contributed by atoms with van der Waals surface area (Å²) in [5.41, 5.74) is 0.269. The molecule has 0 aromatic heterocycles. The van der Waals surface area contributed by atoms with Gasteiger partial charge in [0.2, 0.25) is 6.17 Å². The number of benzene rings is 1. The molecule has 74 valence electrons. The second-order valence-electron chi connectivity index (χ2n) is 2.61. The monoisotopic (exact) mass is 195 g/mol. The number of halogens is 1. The second-order valence-corrected chi connectivity index (χ2v) is 2.61. The van der Waals surface area contributed by atoms with Crippen molar-refractivity contribution < 1.29 is 13.9 Å². The van der Waals surface area contributed by atoms with Crippen molar-refractivity contribution in [3.05, 3.63) is 23.8 Å². The minimum Gasteiger partial charge on any atom is -0.493 e. The summed E-state index contributed by atoms with van der Waals surface area (Å²) in [4.78, 5) is 0. The van der Waals surface area contributed by atoms with Crippen LogP contribution in [0.25, 0.3) is 0 Å². The molecular formula is C10H10FNO2. The number of hydrogen-bond donors (Lipinski definition) is 0. The Labute approximate surface area is 81.7 Å². The third-order valence-corrected chi connectivity index (χ3v) is 1.81. The third-order valence-electron chi connectivity index (χ3n) is 1.81. The quantitative estimate of drug-likeness (QED) is 0.742. The minimum absolute atomic E-state index is 0.269. The van der Waals surface area contributed by atoms with Gasteiger partial charge in [-0.2, -0.15) is 5.26 Å². The van der Waals surface area contributed by atoms with Crippen molar-refractivity contribution in [3.63, 3.8) is 0 Å². The standard InChI is InChI=1S/C10H10FNO2/c1-13-9-4-3-7(8(11)6-12)5-10(9)14-2/h3-5,8H,1-2H3. The van der Waals surface area contributed by atoms with E-state index in [-0.39, 0.29) is 5.56 Å². The predicted molar refractivity (Wildman–Crippen MR) is 49.0 cm³/mol. The van der Waals surface area contributed by atoms with Crippen molar-refractivity contribution in [2.45, 2.75) is 6.17 Å². The molecule has 0 heterocycles. The third kappa shape index (κ3) is 1.94. The molecule has 3 nitrogen and oxygen atoms in total. The summed E-state index contributed by atoms with van der Waals surface area (Å²) >= 11 is 0. The van der Waals surface area contributed by atoms with E-state index >= 15 is 0 Å². The van der Waals surface area contributed by atoms with Crippen molar-refractivity contribution >= 4 is 0 Å². The van der Waals surface area contributed by atoms with E-state index < -0.39 is 6.17 Å². The number of methoxy groups -OCH3 is 2. The van der Waals surface area contributed by atoms with E-state index in [4.69, 9.17) is 14.7 Å². The molecule has 0 saturated carbocycles. The molecule has 1 aromatic carbocycles. The Balaban J connectivity index is 3.08. The largest absolute Gasteiger partial charge is 0.493 e. The van der Waals surface area contributed by atoms with Gasteiger partial charge in [0.1, 0.15) is 6.07 Å². The number of alkyl halides is 1. The van der Waals surface area contributed by atoms with Crippen molar-refractivity contribution in [2.75, 3.05) is 14.2 Å². The highest BCUT2D eigenvalue weighted by Gasteiger charge is 2.11. The molecule has 0 amide bonds. The van der Waals surface area contributed by atoms with Gasteiger partial charge in [-0.05, 0) is 12.1 Å². The fourth-order valence-corrected chi connectivity index (χ4v) is 1.08. The lowest BCUT2D eigenvalue weighted by atomic mass is 10.1. The van der Waals surface area contributed by atoms with Crippen LogP contribution in [0.15, 0.2) is 18.2 Å². The van der Waals surface area contributed by atoms with Gasteiger partial charge in [-0.15, -0.1) is 0 Å². The number of ether oxygens (including phenoxy) is 2. The van der Waals surface area contributed by atoms with Gasteiger partial charge in [-0.3, -0.25) is 0 Å². The number of nitriles is 1. The van der Waals surface area contributed by atoms with Gasteiger partial charge in [0.25, 0.3) is 0 Å². The summed E-state index contributed by atoms with van der Waals surface area (Å²) < 4.78 is 22.9. The molecule has 4 heteroatoms. The Morgan fingerprint density at radius 1 is 1.29 bits per heavy atom. The highest BCUT2D eigenvalue weighted by Crippen LogP contribution is 2.30. The van der Waals surface area contributed by atoms with E-state index in [0.29, 0.717) is 11.5 Å². The first-order valence-electron chi connectivity index (χ1n) is 3.98. The van der Waals surface area contributed by atoms with E-state index in [1.165, 1.54) is 32.4 Å². The molecule has 0 fully saturated rings. The maximum Gasteiger partial charge on any atom is 0.211 e. The molecule has 0 bridgehead atoms. The first kappa shape index (κ1) is 10.3. The van der Waals surface area contributed by atoms with Crippen LogP contribution in [0.5, 0.6) is 11.5 Å². The van der Waals surface area contributed by atoms with Crippen LogP contribution in [0.2, 0.25) is 0 Å². The average Bonchev–Trinajstić information content (AvgIpc) is 2.26. The number of nitrogens with zero attached hydrogens (tertiary/aromatic N) is 1. The van der Waals surface area contributed by atoms with Crippen LogP contribution in [0.3, 0.4) is 0 Å². The van der Waals surface area contributed by atoms with Crippen molar-refractivity contribution in [1.82, 2.24) is 0 Å². The fraction of sp³-hybridized carbons (Fsp3) is 0.300. The number of hydrogen-bond acceptors (Lipinski definition) is 3. The van der Waals surface area contributed by atoms with Gasteiger partial charge in [0.15, 0.2) is 11.5 Å². The fourth-order valence-electron chi connectivity index (χ4n) is 1.08. The molecular weight excluding hydrogens is 185 g/mol. The van der Waals surface area contributed by atoms with Gasteiger partial charge in [-0.25, -0.2) is 4.39 Å². The lowest BCUT2D eigenvalue weighted by molar-refractivity contribution is 0.352. The van der Waals surface area contributed by atoms with Crippen LogP contribution in [-0.2, 0) is 0 Å². The highest BCUT2D eigenvalue weighted by molar-refractivity contribution is 5.44. The topological polar surface area (TPSA) is 42.2 Å². The van der Waals surface area contributed by atoms with Gasteiger partial charge >= 0.3 is 0 Å². The molecule has 0 radical (unpaired) electrons. The van der Waals surface area contributed by atoms with E-state index in [2.05, 4.69) is 0 Å². The molecule has 1 rings (SSSR count). The van der Waals surface area contributed by atoms with E-state index in [9.17, 15) is 4.39 Å². The highest BCUT2D eigenvalue weighted by atomic mass is 19.1. The Hall–Kier alpha value is -1.76. The molecule has 14 heavy (non-hydrogen) atoms. The molecule has 1 atom stereocenters. The Morgan fingerprint density at radius 2 is 1.93 bits per heavy atom. The summed E-state index contributed by atoms with van der Waals surface area (Å²) in [7, 11) is 2.95. The van der Waals surface area contributed by atoms with Gasteiger partial charge in [0.05, 0.1) is 14.2 Å². The Morgan fingerprint density at radius 3 is 2.43 bits per heavy atom.